The van der Waals surface area contributed by atoms with Gasteiger partial charge in [-0.2, -0.15) is 0 Å². The fourth-order valence-corrected chi connectivity index (χ4v) is 5.23. The fraction of sp³-hybridized carbons (Fsp3) is 0.481. The number of benzene rings is 2. The van der Waals surface area contributed by atoms with Gasteiger partial charge in [-0.25, -0.2) is 9.97 Å². The highest BCUT2D eigenvalue weighted by Gasteiger charge is 2.21. The highest BCUT2D eigenvalue weighted by Crippen LogP contribution is 2.40. The van der Waals surface area contributed by atoms with Crippen molar-refractivity contribution in [3.63, 3.8) is 0 Å². The quantitative estimate of drug-likeness (QED) is 0.239. The van der Waals surface area contributed by atoms with Gasteiger partial charge in [-0.05, 0) is 18.9 Å². The summed E-state index contributed by atoms with van der Waals surface area (Å²) in [5, 5.41) is 11.9. The van der Waals surface area contributed by atoms with E-state index in [2.05, 4.69) is 25.9 Å². The van der Waals surface area contributed by atoms with Gasteiger partial charge >= 0.3 is 0 Å². The molecule has 2 aliphatic rings. The molecule has 3 N–H and O–H groups in total. The van der Waals surface area contributed by atoms with Gasteiger partial charge in [0.2, 0.25) is 0 Å². The monoisotopic (exact) mass is 633 g/mol. The van der Waals surface area contributed by atoms with Crippen LogP contribution in [0.25, 0.3) is 10.9 Å². The minimum atomic E-state index is 0. The number of halogens is 4. The molecule has 1 aromatic heterocycles. The summed E-state index contributed by atoms with van der Waals surface area (Å²) in [5.74, 6) is 2.43. The van der Waals surface area contributed by atoms with Crippen molar-refractivity contribution in [2.75, 3.05) is 51.9 Å². The van der Waals surface area contributed by atoms with E-state index < -0.39 is 0 Å². The Bertz CT molecular complexity index is 1240. The number of ether oxygens (including phenoxy) is 4. The third-order valence-corrected chi connectivity index (χ3v) is 7.33. The van der Waals surface area contributed by atoms with E-state index in [1.54, 1.807) is 19.2 Å². The minimum Gasteiger partial charge on any atom is -0.495 e. The lowest BCUT2D eigenvalue weighted by Gasteiger charge is -2.25. The molecule has 3 aromatic rings. The van der Waals surface area contributed by atoms with E-state index in [1.165, 1.54) is 6.33 Å². The maximum Gasteiger partial charge on any atom is 0.145 e. The molecule has 1 atom stereocenters. The van der Waals surface area contributed by atoms with Crippen molar-refractivity contribution < 1.29 is 18.9 Å². The van der Waals surface area contributed by atoms with Crippen LogP contribution in [0.15, 0.2) is 30.6 Å². The van der Waals surface area contributed by atoms with Crippen LogP contribution in [0.1, 0.15) is 25.7 Å². The highest BCUT2D eigenvalue weighted by molar-refractivity contribution is 6.37. The Balaban J connectivity index is 0.00000220. The molecule has 220 valence electrons. The van der Waals surface area contributed by atoms with Crippen LogP contribution in [0, 0.1) is 0 Å². The Labute approximate surface area is 256 Å². The number of piperazine rings is 1. The van der Waals surface area contributed by atoms with Gasteiger partial charge < -0.3 is 34.9 Å². The van der Waals surface area contributed by atoms with Crippen LogP contribution in [0.2, 0.25) is 10.0 Å². The molecule has 2 fully saturated rings. The molecular formula is C27H35Cl4N5O4. The maximum atomic E-state index is 6.51. The molecule has 3 heterocycles. The van der Waals surface area contributed by atoms with Crippen LogP contribution in [0.4, 0.5) is 11.5 Å². The van der Waals surface area contributed by atoms with Gasteiger partial charge in [0.1, 0.15) is 35.5 Å². The SMILES string of the molecule is COc1cc(Nc2ncnc3cc(OCCCC4CNCCN4)cc(OC4CCOCC4)c23)c(Cl)cc1Cl.Cl.Cl. The average molecular weight is 635 g/mol. The van der Waals surface area contributed by atoms with E-state index in [1.807, 2.05) is 12.1 Å². The van der Waals surface area contributed by atoms with Crippen LogP contribution < -0.4 is 30.2 Å². The Kier molecular flexibility index (Phi) is 12.9. The van der Waals surface area contributed by atoms with E-state index >= 15 is 0 Å². The first-order valence-corrected chi connectivity index (χ1v) is 13.8. The van der Waals surface area contributed by atoms with Crippen molar-refractivity contribution in [3.8, 4) is 17.2 Å². The molecule has 13 heteroatoms. The predicted octanol–water partition coefficient (Wildman–Crippen LogP) is 5.81. The zero-order valence-corrected chi connectivity index (χ0v) is 25.4. The molecule has 2 aliphatic heterocycles. The Morgan fingerprint density at radius 1 is 1.02 bits per heavy atom. The van der Waals surface area contributed by atoms with Crippen LogP contribution >= 0.6 is 48.0 Å². The Hall–Kier alpha value is -1.98. The standard InChI is InChI=1S/C27H33Cl2N5O4.2ClH/c1-35-24-14-22(20(28)13-21(24)29)34-27-26-23(32-16-33-27)11-19(12-25(26)38-18-4-9-36-10-5-18)37-8-2-3-17-15-30-6-7-31-17;;/h11-14,16-18,30-31H,2-10,15H2,1H3,(H,32,33,34);2*1H. The van der Waals surface area contributed by atoms with Crippen molar-refractivity contribution >= 4 is 70.4 Å². The van der Waals surface area contributed by atoms with Crippen LogP contribution in [-0.2, 0) is 4.74 Å². The number of nitrogens with zero attached hydrogens (tertiary/aromatic N) is 2. The van der Waals surface area contributed by atoms with E-state index in [9.17, 15) is 0 Å². The Morgan fingerprint density at radius 3 is 2.60 bits per heavy atom. The van der Waals surface area contributed by atoms with Gasteiger partial charge in [-0.1, -0.05) is 23.2 Å². The number of aromatic nitrogens is 2. The highest BCUT2D eigenvalue weighted by atomic mass is 35.5. The lowest BCUT2D eigenvalue weighted by Crippen LogP contribution is -2.48. The Morgan fingerprint density at radius 2 is 1.85 bits per heavy atom. The van der Waals surface area contributed by atoms with Gasteiger partial charge in [0.05, 0.1) is 53.6 Å². The second kappa shape index (κ2) is 15.9. The summed E-state index contributed by atoms with van der Waals surface area (Å²) in [6.07, 6.45) is 5.15. The fourth-order valence-electron chi connectivity index (χ4n) is 4.72. The van der Waals surface area contributed by atoms with Crippen molar-refractivity contribution in [1.82, 2.24) is 20.6 Å². The molecule has 0 radical (unpaired) electrons. The first-order chi connectivity index (χ1) is 18.6. The lowest BCUT2D eigenvalue weighted by atomic mass is 10.1. The predicted molar refractivity (Wildman–Crippen MR) is 164 cm³/mol. The van der Waals surface area contributed by atoms with Crippen LogP contribution in [0.5, 0.6) is 17.2 Å². The van der Waals surface area contributed by atoms with E-state index in [0.29, 0.717) is 70.2 Å². The number of nitrogens with one attached hydrogen (secondary N) is 3. The normalized spacial score (nSPS) is 17.4. The van der Waals surface area contributed by atoms with Gasteiger partial charge in [0, 0.05) is 56.7 Å². The third kappa shape index (κ3) is 8.28. The minimum absolute atomic E-state index is 0. The summed E-state index contributed by atoms with van der Waals surface area (Å²) in [6, 6.07) is 7.71. The molecule has 2 aromatic carbocycles. The summed E-state index contributed by atoms with van der Waals surface area (Å²) in [4.78, 5) is 9.06. The molecule has 0 spiro atoms. The van der Waals surface area contributed by atoms with Gasteiger partial charge in [0.15, 0.2) is 0 Å². The zero-order chi connectivity index (χ0) is 26.3. The molecule has 9 nitrogen and oxygen atoms in total. The van der Waals surface area contributed by atoms with Crippen molar-refractivity contribution in [3.05, 3.63) is 40.6 Å². The average Bonchev–Trinajstić information content (AvgIpc) is 2.94. The second-order valence-electron chi connectivity index (χ2n) is 9.40. The molecule has 0 amide bonds. The van der Waals surface area contributed by atoms with E-state index in [4.69, 9.17) is 42.1 Å². The van der Waals surface area contributed by atoms with Crippen molar-refractivity contribution in [2.45, 2.75) is 37.8 Å². The molecule has 1 unspecified atom stereocenters. The molecule has 5 rings (SSSR count). The van der Waals surface area contributed by atoms with Crippen LogP contribution in [0.3, 0.4) is 0 Å². The summed E-state index contributed by atoms with van der Waals surface area (Å²) in [7, 11) is 1.56. The molecule has 2 saturated heterocycles. The molecular weight excluding hydrogens is 600 g/mol. The largest absolute Gasteiger partial charge is 0.495 e. The zero-order valence-electron chi connectivity index (χ0n) is 22.2. The first kappa shape index (κ1) is 32.5. The summed E-state index contributed by atoms with van der Waals surface area (Å²) in [6.45, 7) is 4.98. The van der Waals surface area contributed by atoms with Crippen molar-refractivity contribution in [2.24, 2.45) is 0 Å². The van der Waals surface area contributed by atoms with Gasteiger partial charge in [0.25, 0.3) is 0 Å². The number of fused-ring (bicyclic) bond motifs is 1. The van der Waals surface area contributed by atoms with Crippen molar-refractivity contribution in [1.29, 1.82) is 0 Å². The summed E-state index contributed by atoms with van der Waals surface area (Å²) >= 11 is 12.7. The van der Waals surface area contributed by atoms with Gasteiger partial charge in [-0.15, -0.1) is 24.8 Å². The lowest BCUT2D eigenvalue weighted by molar-refractivity contribution is 0.0261. The molecule has 40 heavy (non-hydrogen) atoms. The smallest absolute Gasteiger partial charge is 0.145 e. The number of anilines is 2. The topological polar surface area (TPSA) is 98.8 Å². The summed E-state index contributed by atoms with van der Waals surface area (Å²) < 4.78 is 23.6. The van der Waals surface area contributed by atoms with Gasteiger partial charge in [-0.3, -0.25) is 0 Å². The summed E-state index contributed by atoms with van der Waals surface area (Å²) in [5.41, 5.74) is 1.31. The van der Waals surface area contributed by atoms with Crippen LogP contribution in [-0.4, -0.2) is 68.7 Å². The molecule has 0 saturated carbocycles. The maximum absolute atomic E-state index is 6.51. The number of hydrogen-bond donors (Lipinski definition) is 3. The molecule has 0 bridgehead atoms. The first-order valence-electron chi connectivity index (χ1n) is 13.0. The third-order valence-electron chi connectivity index (χ3n) is 6.72. The number of rotatable bonds is 10. The number of hydrogen-bond acceptors (Lipinski definition) is 9. The molecule has 0 aliphatic carbocycles. The van der Waals surface area contributed by atoms with E-state index in [0.717, 1.165) is 50.7 Å². The van der Waals surface area contributed by atoms with E-state index in [-0.39, 0.29) is 30.9 Å². The number of methoxy groups -OCH3 is 1. The second-order valence-corrected chi connectivity index (χ2v) is 10.2.